The van der Waals surface area contributed by atoms with Gasteiger partial charge >= 0.3 is 0 Å². The maximum Gasteiger partial charge on any atom is 0.161 e. The Morgan fingerprint density at radius 1 is 1.47 bits per heavy atom. The van der Waals surface area contributed by atoms with Crippen LogP contribution in [0.3, 0.4) is 0 Å². The summed E-state index contributed by atoms with van der Waals surface area (Å²) in [5.74, 6) is 0.0132. The molecule has 0 saturated heterocycles. The summed E-state index contributed by atoms with van der Waals surface area (Å²) in [6.45, 7) is 4.64. The van der Waals surface area contributed by atoms with E-state index in [9.17, 15) is 4.79 Å². The Morgan fingerprint density at radius 3 is 2.67 bits per heavy atom. The molecule has 0 aliphatic heterocycles. The number of carbonyl (C=O) groups excluding carboxylic acids is 1. The maximum atomic E-state index is 11.3. The van der Waals surface area contributed by atoms with Crippen molar-refractivity contribution in [2.75, 3.05) is 24.2 Å². The molecule has 0 aliphatic carbocycles. The second kappa shape index (κ2) is 4.82. The van der Waals surface area contributed by atoms with E-state index in [4.69, 9.17) is 5.73 Å². The predicted molar refractivity (Wildman–Crippen MR) is 64.4 cm³/mol. The molecule has 2 N–H and O–H groups in total. The van der Waals surface area contributed by atoms with Crippen molar-refractivity contribution in [2.24, 2.45) is 0 Å². The van der Waals surface area contributed by atoms with Crippen LogP contribution in [0, 0.1) is 0 Å². The molecule has 0 spiro atoms. The molecule has 0 saturated carbocycles. The number of nitrogens with zero attached hydrogens (tertiary/aromatic N) is 1. The number of hydrogen-bond acceptors (Lipinski definition) is 3. The summed E-state index contributed by atoms with van der Waals surface area (Å²) in [4.78, 5) is 13.4. The molecule has 15 heavy (non-hydrogen) atoms. The lowest BCUT2D eigenvalue weighted by Gasteiger charge is -2.19. The van der Waals surface area contributed by atoms with E-state index in [2.05, 4.69) is 11.8 Å². The van der Waals surface area contributed by atoms with Crippen molar-refractivity contribution >= 4 is 17.2 Å². The largest absolute Gasteiger partial charge is 0.398 e. The molecule has 3 heteroatoms. The van der Waals surface area contributed by atoms with Crippen molar-refractivity contribution < 1.29 is 4.79 Å². The summed E-state index contributed by atoms with van der Waals surface area (Å²) in [6, 6.07) is 5.59. The SMILES string of the molecule is CCCN(C)c1ccc(N)c(C(C)=O)c1. The van der Waals surface area contributed by atoms with Crippen molar-refractivity contribution in [3.63, 3.8) is 0 Å². The summed E-state index contributed by atoms with van der Waals surface area (Å²) in [5, 5.41) is 0. The third kappa shape index (κ3) is 2.72. The molecule has 0 atom stereocenters. The number of benzene rings is 1. The molecule has 82 valence electrons. The number of anilines is 2. The van der Waals surface area contributed by atoms with Crippen LogP contribution in [0.15, 0.2) is 18.2 Å². The van der Waals surface area contributed by atoms with E-state index in [0.29, 0.717) is 11.3 Å². The molecule has 0 aliphatic rings. The quantitative estimate of drug-likeness (QED) is 0.607. The molecule has 0 heterocycles. The number of rotatable bonds is 4. The molecule has 1 aromatic carbocycles. The van der Waals surface area contributed by atoms with E-state index in [-0.39, 0.29) is 5.78 Å². The van der Waals surface area contributed by atoms with E-state index in [1.165, 1.54) is 6.92 Å². The summed E-state index contributed by atoms with van der Waals surface area (Å²) in [6.07, 6.45) is 1.08. The molecule has 1 rings (SSSR count). The third-order valence-corrected chi connectivity index (χ3v) is 2.42. The number of hydrogen-bond donors (Lipinski definition) is 1. The highest BCUT2D eigenvalue weighted by Gasteiger charge is 2.07. The van der Waals surface area contributed by atoms with Gasteiger partial charge in [-0.05, 0) is 31.5 Å². The van der Waals surface area contributed by atoms with Crippen LogP contribution in [0.4, 0.5) is 11.4 Å². The summed E-state index contributed by atoms with van der Waals surface area (Å²) < 4.78 is 0. The molecular formula is C12H18N2O. The average molecular weight is 206 g/mol. The number of nitrogen functional groups attached to an aromatic ring is 1. The van der Waals surface area contributed by atoms with E-state index in [1.54, 1.807) is 6.07 Å². The Morgan fingerprint density at radius 2 is 2.13 bits per heavy atom. The Balaban J connectivity index is 3.02. The fourth-order valence-corrected chi connectivity index (χ4v) is 1.55. The van der Waals surface area contributed by atoms with Crippen molar-refractivity contribution in [3.8, 4) is 0 Å². The third-order valence-electron chi connectivity index (χ3n) is 2.42. The minimum atomic E-state index is 0.0132. The summed E-state index contributed by atoms with van der Waals surface area (Å²) in [7, 11) is 2.01. The van der Waals surface area contributed by atoms with E-state index in [0.717, 1.165) is 18.7 Å². The first-order chi connectivity index (χ1) is 7.06. The Kier molecular flexibility index (Phi) is 3.72. The van der Waals surface area contributed by atoms with Gasteiger partial charge in [-0.2, -0.15) is 0 Å². The standard InChI is InChI=1S/C12H18N2O/c1-4-7-14(3)10-5-6-12(13)11(8-10)9(2)15/h5-6,8H,4,7,13H2,1-3H3. The number of carbonyl (C=O) groups is 1. The topological polar surface area (TPSA) is 46.3 Å². The van der Waals surface area contributed by atoms with Gasteiger partial charge in [-0.25, -0.2) is 0 Å². The van der Waals surface area contributed by atoms with Crippen molar-refractivity contribution in [1.29, 1.82) is 0 Å². The molecule has 0 bridgehead atoms. The van der Waals surface area contributed by atoms with E-state index >= 15 is 0 Å². The maximum absolute atomic E-state index is 11.3. The number of nitrogens with two attached hydrogens (primary N) is 1. The van der Waals surface area contributed by atoms with Crippen LogP contribution in [0.1, 0.15) is 30.6 Å². The molecule has 0 radical (unpaired) electrons. The minimum Gasteiger partial charge on any atom is -0.398 e. The van der Waals surface area contributed by atoms with E-state index < -0.39 is 0 Å². The van der Waals surface area contributed by atoms with Gasteiger partial charge in [0, 0.05) is 30.5 Å². The fraction of sp³-hybridized carbons (Fsp3) is 0.417. The Bertz CT molecular complexity index is 361. The lowest BCUT2D eigenvalue weighted by Crippen LogP contribution is -2.18. The zero-order chi connectivity index (χ0) is 11.4. The molecule has 0 aromatic heterocycles. The van der Waals surface area contributed by atoms with Gasteiger partial charge in [-0.15, -0.1) is 0 Å². The summed E-state index contributed by atoms with van der Waals surface area (Å²) >= 11 is 0. The van der Waals surface area contributed by atoms with Crippen molar-refractivity contribution in [1.82, 2.24) is 0 Å². The van der Waals surface area contributed by atoms with Crippen LogP contribution in [0.5, 0.6) is 0 Å². The van der Waals surface area contributed by atoms with Crippen LogP contribution in [0.2, 0.25) is 0 Å². The van der Waals surface area contributed by atoms with E-state index in [1.807, 2.05) is 19.2 Å². The number of Topliss-reactive ketones (excluding diaryl/α,β-unsaturated/α-hetero) is 1. The van der Waals surface area contributed by atoms with Gasteiger partial charge in [0.25, 0.3) is 0 Å². The molecule has 3 nitrogen and oxygen atoms in total. The number of ketones is 1. The Hall–Kier alpha value is -1.51. The molecule has 0 fully saturated rings. The van der Waals surface area contributed by atoms with Crippen molar-refractivity contribution in [3.05, 3.63) is 23.8 Å². The minimum absolute atomic E-state index is 0.0132. The predicted octanol–water partition coefficient (Wildman–Crippen LogP) is 2.32. The monoisotopic (exact) mass is 206 g/mol. The lowest BCUT2D eigenvalue weighted by molar-refractivity contribution is 0.101. The van der Waals surface area contributed by atoms with Gasteiger partial charge in [0.1, 0.15) is 0 Å². The lowest BCUT2D eigenvalue weighted by atomic mass is 10.1. The van der Waals surface area contributed by atoms with Crippen LogP contribution >= 0.6 is 0 Å². The van der Waals surface area contributed by atoms with Gasteiger partial charge in [0.2, 0.25) is 0 Å². The zero-order valence-corrected chi connectivity index (χ0v) is 9.58. The molecule has 0 unspecified atom stereocenters. The zero-order valence-electron chi connectivity index (χ0n) is 9.58. The van der Waals surface area contributed by atoms with Crippen LogP contribution in [-0.2, 0) is 0 Å². The molecule has 1 aromatic rings. The van der Waals surface area contributed by atoms with Gasteiger partial charge in [0.15, 0.2) is 5.78 Å². The smallest absolute Gasteiger partial charge is 0.161 e. The summed E-state index contributed by atoms with van der Waals surface area (Å²) in [5.41, 5.74) is 7.92. The van der Waals surface area contributed by atoms with Crippen LogP contribution < -0.4 is 10.6 Å². The highest BCUT2D eigenvalue weighted by atomic mass is 16.1. The van der Waals surface area contributed by atoms with Gasteiger partial charge in [-0.3, -0.25) is 4.79 Å². The van der Waals surface area contributed by atoms with Gasteiger partial charge in [0.05, 0.1) is 0 Å². The normalized spacial score (nSPS) is 10.1. The van der Waals surface area contributed by atoms with Crippen LogP contribution in [-0.4, -0.2) is 19.4 Å². The first kappa shape index (κ1) is 11.6. The fourth-order valence-electron chi connectivity index (χ4n) is 1.55. The first-order valence-corrected chi connectivity index (χ1v) is 5.17. The van der Waals surface area contributed by atoms with Gasteiger partial charge in [-0.1, -0.05) is 6.92 Å². The highest BCUT2D eigenvalue weighted by molar-refractivity contribution is 6.00. The molecule has 0 amide bonds. The van der Waals surface area contributed by atoms with Crippen LogP contribution in [0.25, 0.3) is 0 Å². The second-order valence-electron chi connectivity index (χ2n) is 3.75. The first-order valence-electron chi connectivity index (χ1n) is 5.17. The average Bonchev–Trinajstić information content (AvgIpc) is 2.18. The van der Waals surface area contributed by atoms with Crippen molar-refractivity contribution in [2.45, 2.75) is 20.3 Å². The Labute approximate surface area is 90.9 Å². The second-order valence-corrected chi connectivity index (χ2v) is 3.75. The highest BCUT2D eigenvalue weighted by Crippen LogP contribution is 2.20. The van der Waals surface area contributed by atoms with Gasteiger partial charge < -0.3 is 10.6 Å². The molecular weight excluding hydrogens is 188 g/mol.